The predicted octanol–water partition coefficient (Wildman–Crippen LogP) is 3.15. The second kappa shape index (κ2) is 3.69. The smallest absolute Gasteiger partial charge is 0.111 e. The van der Waals surface area contributed by atoms with Crippen molar-refractivity contribution in [2.24, 2.45) is 0 Å². The van der Waals surface area contributed by atoms with Gasteiger partial charge < -0.3 is 0 Å². The molecule has 0 spiro atoms. The normalized spacial score (nSPS) is 14.4. The maximum absolute atomic E-state index is 7.66. The molecule has 0 amide bonds. The van der Waals surface area contributed by atoms with Gasteiger partial charge in [0.05, 0.1) is 0 Å². The number of halogens is 1. The Balaban J connectivity index is 2.38. The first-order chi connectivity index (χ1) is 6.77. The van der Waals surface area contributed by atoms with Crippen molar-refractivity contribution in [2.75, 3.05) is 0 Å². The van der Waals surface area contributed by atoms with E-state index in [1.54, 1.807) is 0 Å². The predicted molar refractivity (Wildman–Crippen MR) is 59.5 cm³/mol. The first kappa shape index (κ1) is 9.05. The lowest BCUT2D eigenvalue weighted by Crippen LogP contribution is -2.00. The summed E-state index contributed by atoms with van der Waals surface area (Å²) in [4.78, 5) is 0. The van der Waals surface area contributed by atoms with Crippen LogP contribution in [0.2, 0.25) is 5.02 Å². The van der Waals surface area contributed by atoms with Crippen LogP contribution in [0.15, 0.2) is 30.3 Å². The molecule has 1 aromatic carbocycles. The van der Waals surface area contributed by atoms with Gasteiger partial charge in [-0.25, -0.2) is 0 Å². The quantitative estimate of drug-likeness (QED) is 0.675. The van der Waals surface area contributed by atoms with Crippen molar-refractivity contribution in [3.05, 3.63) is 40.9 Å². The van der Waals surface area contributed by atoms with Gasteiger partial charge in [0.15, 0.2) is 0 Å². The largest absolute Gasteiger partial charge is 0.291 e. The topological polar surface area (TPSA) is 23.9 Å². The Hall–Kier alpha value is -1.52. The first-order valence-electron chi connectivity index (χ1n) is 4.31. The number of hydrogen-bond donors (Lipinski definition) is 1. The van der Waals surface area contributed by atoms with E-state index in [4.69, 9.17) is 17.0 Å². The molecule has 1 aliphatic carbocycles. The Morgan fingerprint density at radius 3 is 2.57 bits per heavy atom. The van der Waals surface area contributed by atoms with Gasteiger partial charge in [-0.3, -0.25) is 5.41 Å². The van der Waals surface area contributed by atoms with Crippen LogP contribution in [0.4, 0.5) is 0 Å². The van der Waals surface area contributed by atoms with Crippen LogP contribution in [-0.4, -0.2) is 5.71 Å². The van der Waals surface area contributed by atoms with Crippen molar-refractivity contribution in [3.8, 4) is 11.8 Å². The molecule has 0 atom stereocenters. The molecule has 0 heterocycles. The zero-order valence-corrected chi connectivity index (χ0v) is 8.23. The molecule has 68 valence electrons. The molecule has 0 aliphatic heterocycles. The maximum atomic E-state index is 7.66. The third kappa shape index (κ3) is 1.71. The minimum Gasteiger partial charge on any atom is -0.291 e. The number of rotatable bonds is 1. The summed E-state index contributed by atoms with van der Waals surface area (Å²) in [5.74, 6) is 5.65. The van der Waals surface area contributed by atoms with Crippen molar-refractivity contribution in [1.29, 1.82) is 5.41 Å². The lowest BCUT2D eigenvalue weighted by atomic mass is 9.98. The minimum atomic E-state index is 0.388. The van der Waals surface area contributed by atoms with E-state index in [0.717, 1.165) is 17.6 Å². The van der Waals surface area contributed by atoms with E-state index in [1.807, 2.05) is 30.3 Å². The van der Waals surface area contributed by atoms with Crippen molar-refractivity contribution >= 4 is 22.9 Å². The van der Waals surface area contributed by atoms with Crippen LogP contribution in [0.1, 0.15) is 12.0 Å². The van der Waals surface area contributed by atoms with Crippen molar-refractivity contribution in [3.63, 3.8) is 0 Å². The molecule has 1 nitrogen and oxygen atoms in total. The summed E-state index contributed by atoms with van der Waals surface area (Å²) in [5, 5.41) is 8.37. The van der Waals surface area contributed by atoms with E-state index in [0.29, 0.717) is 10.7 Å². The molecule has 0 bridgehead atoms. The highest BCUT2D eigenvalue weighted by atomic mass is 35.5. The Morgan fingerprint density at radius 1 is 1.21 bits per heavy atom. The molecule has 14 heavy (non-hydrogen) atoms. The number of benzene rings is 1. The molecule has 0 radical (unpaired) electrons. The summed E-state index contributed by atoms with van der Waals surface area (Å²) in [7, 11) is 0. The summed E-state index contributed by atoms with van der Waals surface area (Å²) in [5.41, 5.74) is 2.30. The fourth-order valence-corrected chi connectivity index (χ4v) is 1.48. The van der Waals surface area contributed by atoms with E-state index in [1.165, 1.54) is 0 Å². The van der Waals surface area contributed by atoms with Crippen LogP contribution in [0.5, 0.6) is 0 Å². The Labute approximate surface area is 87.9 Å². The van der Waals surface area contributed by atoms with Gasteiger partial charge in [-0.15, -0.1) is 0 Å². The SMILES string of the molecule is N=C1C#CCC=C1c1ccc(Cl)cc1. The van der Waals surface area contributed by atoms with Crippen LogP contribution >= 0.6 is 11.6 Å². The summed E-state index contributed by atoms with van der Waals surface area (Å²) in [6.07, 6.45) is 2.70. The molecular weight excluding hydrogens is 194 g/mol. The van der Waals surface area contributed by atoms with Crippen LogP contribution in [0.25, 0.3) is 5.57 Å². The minimum absolute atomic E-state index is 0.388. The zero-order chi connectivity index (χ0) is 9.97. The fraction of sp³-hybridized carbons (Fsp3) is 0.0833. The molecule has 0 aromatic heterocycles. The number of nitrogens with one attached hydrogen (secondary N) is 1. The summed E-state index contributed by atoms with van der Waals surface area (Å²) >= 11 is 5.79. The van der Waals surface area contributed by atoms with Gasteiger partial charge in [-0.1, -0.05) is 35.7 Å². The average Bonchev–Trinajstić information content (AvgIpc) is 2.20. The van der Waals surface area contributed by atoms with Crippen molar-refractivity contribution < 1.29 is 0 Å². The Kier molecular flexibility index (Phi) is 2.39. The van der Waals surface area contributed by atoms with Crippen molar-refractivity contribution in [1.82, 2.24) is 0 Å². The molecule has 0 fully saturated rings. The maximum Gasteiger partial charge on any atom is 0.111 e. The number of allylic oxidation sites excluding steroid dienone is 2. The molecule has 2 heteroatoms. The monoisotopic (exact) mass is 201 g/mol. The molecule has 0 saturated carbocycles. The van der Waals surface area contributed by atoms with Crippen LogP contribution in [0, 0.1) is 17.3 Å². The molecule has 1 aromatic rings. The third-order valence-corrected chi connectivity index (χ3v) is 2.30. The lowest BCUT2D eigenvalue weighted by molar-refractivity contribution is 1.44. The van der Waals surface area contributed by atoms with E-state index >= 15 is 0 Å². The average molecular weight is 202 g/mol. The van der Waals surface area contributed by atoms with Crippen molar-refractivity contribution in [2.45, 2.75) is 6.42 Å². The summed E-state index contributed by atoms with van der Waals surface area (Å²) < 4.78 is 0. The molecule has 1 N–H and O–H groups in total. The molecule has 0 unspecified atom stereocenters. The fourth-order valence-electron chi connectivity index (χ4n) is 1.35. The molecule has 1 aliphatic rings. The second-order valence-corrected chi connectivity index (χ2v) is 3.44. The Bertz CT molecular complexity index is 457. The van der Waals surface area contributed by atoms with Gasteiger partial charge in [-0.05, 0) is 23.6 Å². The highest BCUT2D eigenvalue weighted by molar-refractivity contribution is 6.32. The van der Waals surface area contributed by atoms with Gasteiger partial charge in [0.2, 0.25) is 0 Å². The van der Waals surface area contributed by atoms with Gasteiger partial charge in [0, 0.05) is 17.0 Å². The Morgan fingerprint density at radius 2 is 1.93 bits per heavy atom. The van der Waals surface area contributed by atoms with Gasteiger partial charge in [-0.2, -0.15) is 0 Å². The zero-order valence-electron chi connectivity index (χ0n) is 7.47. The van der Waals surface area contributed by atoms with Crippen LogP contribution in [0.3, 0.4) is 0 Å². The highest BCUT2D eigenvalue weighted by Crippen LogP contribution is 2.20. The molecule has 2 rings (SSSR count). The molecular formula is C12H8ClN. The highest BCUT2D eigenvalue weighted by Gasteiger charge is 2.07. The van der Waals surface area contributed by atoms with Gasteiger partial charge in [0.1, 0.15) is 5.71 Å². The van der Waals surface area contributed by atoms with E-state index in [2.05, 4.69) is 11.8 Å². The van der Waals surface area contributed by atoms with Crippen LogP contribution < -0.4 is 0 Å². The van der Waals surface area contributed by atoms with E-state index < -0.39 is 0 Å². The summed E-state index contributed by atoms with van der Waals surface area (Å²) in [6, 6.07) is 7.48. The number of hydrogen-bond acceptors (Lipinski definition) is 1. The van der Waals surface area contributed by atoms with E-state index in [-0.39, 0.29) is 0 Å². The third-order valence-electron chi connectivity index (χ3n) is 2.05. The van der Waals surface area contributed by atoms with Crippen LogP contribution in [-0.2, 0) is 0 Å². The van der Waals surface area contributed by atoms with Gasteiger partial charge >= 0.3 is 0 Å². The van der Waals surface area contributed by atoms with E-state index in [9.17, 15) is 0 Å². The molecule has 0 saturated heterocycles. The summed E-state index contributed by atoms with van der Waals surface area (Å²) in [6.45, 7) is 0. The second-order valence-electron chi connectivity index (χ2n) is 3.01. The van der Waals surface area contributed by atoms with Gasteiger partial charge in [0.25, 0.3) is 0 Å². The standard InChI is InChI=1S/C12H8ClN/c13-10-7-5-9(6-8-10)11-3-1-2-4-12(11)14/h3,5-8,14H,1H2. The lowest BCUT2D eigenvalue weighted by Gasteiger charge is -2.07. The first-order valence-corrected chi connectivity index (χ1v) is 4.69.